The summed E-state index contributed by atoms with van der Waals surface area (Å²) < 4.78 is 13.5. The van der Waals surface area contributed by atoms with Crippen molar-refractivity contribution in [3.63, 3.8) is 0 Å². The number of amides is 1. The average molecular weight is 591 g/mol. The van der Waals surface area contributed by atoms with Crippen LogP contribution in [0.2, 0.25) is 0 Å². The summed E-state index contributed by atoms with van der Waals surface area (Å²) in [6.45, 7) is 3.73. The van der Waals surface area contributed by atoms with Gasteiger partial charge in [0.2, 0.25) is 0 Å². The van der Waals surface area contributed by atoms with E-state index in [9.17, 15) is 14.7 Å². The van der Waals surface area contributed by atoms with E-state index in [4.69, 9.17) is 4.74 Å². The monoisotopic (exact) mass is 590 g/mol. The summed E-state index contributed by atoms with van der Waals surface area (Å²) in [5.74, 6) is -0.824. The molecule has 6 rings (SSSR count). The second-order valence-electron chi connectivity index (χ2n) is 9.05. The Bertz CT molecular complexity index is 1800. The third-order valence-electron chi connectivity index (χ3n) is 6.35. The molecule has 2 aromatic carbocycles. The minimum atomic E-state index is -0.824. The lowest BCUT2D eigenvalue weighted by molar-refractivity contribution is -0.136. The number of carbonyl (C=O) groups is 2. The number of thiophene rings is 3. The first kappa shape index (κ1) is 25.7. The molecule has 0 bridgehead atoms. The third kappa shape index (κ3) is 5.20. The van der Waals surface area contributed by atoms with E-state index < -0.39 is 12.1 Å². The van der Waals surface area contributed by atoms with Crippen molar-refractivity contribution in [2.45, 2.75) is 26.4 Å². The second-order valence-corrected chi connectivity index (χ2v) is 12.9. The lowest BCUT2D eigenvalue weighted by Crippen LogP contribution is -2.16. The third-order valence-corrected chi connectivity index (χ3v) is 10.8. The minimum Gasteiger partial charge on any atom is -0.481 e. The Balaban J connectivity index is 1.24. The van der Waals surface area contributed by atoms with E-state index in [1.165, 1.54) is 11.5 Å². The van der Waals surface area contributed by atoms with Crippen LogP contribution in [-0.2, 0) is 16.0 Å². The number of benzene rings is 2. The van der Waals surface area contributed by atoms with Crippen LogP contribution in [0.1, 0.15) is 29.8 Å². The van der Waals surface area contributed by atoms with Gasteiger partial charge in [0.05, 0.1) is 27.6 Å². The summed E-state index contributed by atoms with van der Waals surface area (Å²) in [6.07, 6.45) is -0.862. The average Bonchev–Trinajstić information content (AvgIpc) is 3.68. The molecule has 1 amide bonds. The zero-order valence-corrected chi connectivity index (χ0v) is 24.2. The van der Waals surface area contributed by atoms with Crippen LogP contribution >= 0.6 is 45.5 Å². The second kappa shape index (κ2) is 10.5. The standard InChI is InChI=1S/C29H22N2O4S4/c1-15-27(30-29(34)35-16(2)17-6-4-3-5-7-17)28(39-31-15)25-13-24-23(38-25)12-22(37-24)18-8-9-21-20(10-18)19(14-36-21)11-26(32)33/h3-10,12-14,16H,11H2,1-2H3,(H,30,34)(H,32,33). The van der Waals surface area contributed by atoms with Crippen LogP contribution in [0, 0.1) is 6.92 Å². The highest BCUT2D eigenvalue weighted by atomic mass is 32.1. The number of anilines is 1. The van der Waals surface area contributed by atoms with Crippen LogP contribution in [-0.4, -0.2) is 21.5 Å². The van der Waals surface area contributed by atoms with Gasteiger partial charge >= 0.3 is 12.1 Å². The van der Waals surface area contributed by atoms with Gasteiger partial charge in [0.25, 0.3) is 0 Å². The maximum atomic E-state index is 12.7. The van der Waals surface area contributed by atoms with Crippen molar-refractivity contribution in [2.75, 3.05) is 5.32 Å². The number of carboxylic acids is 1. The van der Waals surface area contributed by atoms with Crippen molar-refractivity contribution in [1.29, 1.82) is 0 Å². The molecule has 0 aliphatic rings. The summed E-state index contributed by atoms with van der Waals surface area (Å²) in [6, 6.07) is 20.2. The number of aromatic nitrogens is 1. The first-order valence-corrected chi connectivity index (χ1v) is 15.4. The number of hydrogen-bond acceptors (Lipinski definition) is 8. The van der Waals surface area contributed by atoms with Gasteiger partial charge in [-0.25, -0.2) is 4.79 Å². The van der Waals surface area contributed by atoms with Crippen LogP contribution in [0.3, 0.4) is 0 Å². The van der Waals surface area contributed by atoms with Crippen LogP contribution in [0.15, 0.2) is 66.0 Å². The lowest BCUT2D eigenvalue weighted by atomic mass is 10.1. The fourth-order valence-corrected chi connectivity index (χ4v) is 8.67. The molecule has 0 aliphatic carbocycles. The number of aliphatic carboxylic acids is 1. The molecule has 0 aliphatic heterocycles. The predicted octanol–water partition coefficient (Wildman–Crippen LogP) is 9.21. The Kier molecular flexibility index (Phi) is 6.94. The van der Waals surface area contributed by atoms with Crippen LogP contribution in [0.4, 0.5) is 10.5 Å². The van der Waals surface area contributed by atoms with E-state index >= 15 is 0 Å². The quantitative estimate of drug-likeness (QED) is 0.193. The Morgan fingerprint density at radius 3 is 2.51 bits per heavy atom. The zero-order chi connectivity index (χ0) is 27.1. The molecular formula is C29H22N2O4S4. The molecule has 6 aromatic rings. The van der Waals surface area contributed by atoms with E-state index in [0.717, 1.165) is 56.5 Å². The molecule has 1 unspecified atom stereocenters. The molecule has 0 radical (unpaired) electrons. The Labute approximate surface area is 240 Å². The Hall–Kier alpha value is -3.57. The molecule has 196 valence electrons. The van der Waals surface area contributed by atoms with Crippen molar-refractivity contribution >= 4 is 82.8 Å². The molecule has 4 aromatic heterocycles. The number of nitrogens with zero attached hydrogens (tertiary/aromatic N) is 1. The van der Waals surface area contributed by atoms with Gasteiger partial charge in [-0.3, -0.25) is 10.1 Å². The maximum Gasteiger partial charge on any atom is 0.412 e. The molecule has 0 spiro atoms. The molecular weight excluding hydrogens is 569 g/mol. The van der Waals surface area contributed by atoms with E-state index in [-0.39, 0.29) is 12.5 Å². The summed E-state index contributed by atoms with van der Waals surface area (Å²) in [5, 5.41) is 15.1. The minimum absolute atomic E-state index is 0.0235. The topological polar surface area (TPSA) is 88.5 Å². The summed E-state index contributed by atoms with van der Waals surface area (Å²) in [4.78, 5) is 27.1. The SMILES string of the molecule is Cc1nsc(-c2cc3sc(-c4ccc5scc(CC(=O)O)c5c4)cc3s2)c1NC(=O)OC(C)c1ccccc1. The van der Waals surface area contributed by atoms with Gasteiger partial charge in [0.15, 0.2) is 0 Å². The smallest absolute Gasteiger partial charge is 0.412 e. The molecule has 4 heterocycles. The van der Waals surface area contributed by atoms with Crippen molar-refractivity contribution < 1.29 is 19.4 Å². The van der Waals surface area contributed by atoms with Crippen LogP contribution in [0.25, 0.3) is 39.7 Å². The van der Waals surface area contributed by atoms with Gasteiger partial charge in [-0.15, -0.1) is 34.0 Å². The Morgan fingerprint density at radius 1 is 1.00 bits per heavy atom. The molecule has 2 N–H and O–H groups in total. The van der Waals surface area contributed by atoms with E-state index in [1.807, 2.05) is 49.6 Å². The summed E-state index contributed by atoms with van der Waals surface area (Å²) in [5.41, 5.74) is 4.28. The van der Waals surface area contributed by atoms with Crippen molar-refractivity contribution in [1.82, 2.24) is 4.37 Å². The van der Waals surface area contributed by atoms with E-state index in [1.54, 1.807) is 34.0 Å². The molecule has 1 atom stereocenters. The van der Waals surface area contributed by atoms with Gasteiger partial charge in [-0.05, 0) is 77.1 Å². The normalized spacial score (nSPS) is 12.2. The van der Waals surface area contributed by atoms with Crippen LogP contribution in [0.5, 0.6) is 0 Å². The highest BCUT2D eigenvalue weighted by molar-refractivity contribution is 7.32. The number of ether oxygens (including phenoxy) is 1. The molecule has 0 saturated heterocycles. The number of hydrogen-bond donors (Lipinski definition) is 2. The predicted molar refractivity (Wildman–Crippen MR) is 163 cm³/mol. The maximum absolute atomic E-state index is 12.7. The highest BCUT2D eigenvalue weighted by Gasteiger charge is 2.20. The summed E-state index contributed by atoms with van der Waals surface area (Å²) in [7, 11) is 0. The van der Waals surface area contributed by atoms with Gasteiger partial charge in [0.1, 0.15) is 6.10 Å². The van der Waals surface area contributed by atoms with Crippen molar-refractivity contribution in [2.24, 2.45) is 0 Å². The van der Waals surface area contributed by atoms with E-state index in [2.05, 4.69) is 40.0 Å². The lowest BCUT2D eigenvalue weighted by Gasteiger charge is -2.14. The molecule has 39 heavy (non-hydrogen) atoms. The van der Waals surface area contributed by atoms with Gasteiger partial charge < -0.3 is 9.84 Å². The number of aryl methyl sites for hydroxylation is 1. The molecule has 0 fully saturated rings. The van der Waals surface area contributed by atoms with Crippen LogP contribution < -0.4 is 5.32 Å². The van der Waals surface area contributed by atoms with Crippen molar-refractivity contribution in [3.8, 4) is 20.2 Å². The first-order chi connectivity index (χ1) is 18.9. The number of fused-ring (bicyclic) bond motifs is 2. The van der Waals surface area contributed by atoms with Gasteiger partial charge in [-0.1, -0.05) is 36.4 Å². The first-order valence-electron chi connectivity index (χ1n) is 12.1. The number of rotatable bonds is 7. The molecule has 0 saturated carbocycles. The molecule has 6 nitrogen and oxygen atoms in total. The largest absolute Gasteiger partial charge is 0.481 e. The highest BCUT2D eigenvalue weighted by Crippen LogP contribution is 2.46. The number of carboxylic acid groups (broad SMARTS) is 1. The number of nitrogens with one attached hydrogen (secondary N) is 1. The fourth-order valence-electron chi connectivity index (χ4n) is 4.39. The van der Waals surface area contributed by atoms with E-state index in [0.29, 0.717) is 5.69 Å². The molecule has 10 heteroatoms. The zero-order valence-electron chi connectivity index (χ0n) is 20.9. The fraction of sp³-hybridized carbons (Fsp3) is 0.138. The Morgan fingerprint density at radius 2 is 1.74 bits per heavy atom. The number of carbonyl (C=O) groups excluding carboxylic acids is 1. The van der Waals surface area contributed by atoms with Gasteiger partial charge in [0, 0.05) is 19.0 Å². The van der Waals surface area contributed by atoms with Crippen molar-refractivity contribution in [3.05, 3.63) is 82.9 Å². The van der Waals surface area contributed by atoms with Gasteiger partial charge in [-0.2, -0.15) is 4.37 Å². The summed E-state index contributed by atoms with van der Waals surface area (Å²) >= 11 is 6.30.